The highest BCUT2D eigenvalue weighted by molar-refractivity contribution is 7.88. The molecular weight excluding hydrogens is 359 g/mol. The SMILES string of the molecule is CS(=O)(=O)N1CCN(C(=O)c2cccnc2Nc2ccccc2F)CC1. The number of amides is 1. The van der Waals surface area contributed by atoms with Gasteiger partial charge in [0.15, 0.2) is 0 Å². The Morgan fingerprint density at radius 1 is 1.12 bits per heavy atom. The highest BCUT2D eigenvalue weighted by Gasteiger charge is 2.28. The van der Waals surface area contributed by atoms with E-state index < -0.39 is 15.8 Å². The minimum Gasteiger partial charge on any atom is -0.337 e. The van der Waals surface area contributed by atoms with Crippen LogP contribution in [0.4, 0.5) is 15.9 Å². The van der Waals surface area contributed by atoms with Crippen LogP contribution in [-0.4, -0.2) is 60.9 Å². The summed E-state index contributed by atoms with van der Waals surface area (Å²) in [6, 6.07) is 9.38. The predicted octanol–water partition coefficient (Wildman–Crippen LogP) is 1.68. The van der Waals surface area contributed by atoms with Crippen LogP contribution < -0.4 is 5.32 Å². The van der Waals surface area contributed by atoms with Gasteiger partial charge in [0.05, 0.1) is 17.5 Å². The van der Waals surface area contributed by atoms with Crippen LogP contribution >= 0.6 is 0 Å². The highest BCUT2D eigenvalue weighted by Crippen LogP contribution is 2.22. The van der Waals surface area contributed by atoms with E-state index in [1.54, 1.807) is 35.2 Å². The first kappa shape index (κ1) is 18.3. The Morgan fingerprint density at radius 3 is 2.46 bits per heavy atom. The van der Waals surface area contributed by atoms with Crippen molar-refractivity contribution in [2.75, 3.05) is 37.8 Å². The molecule has 1 saturated heterocycles. The second-order valence-electron chi connectivity index (χ2n) is 5.96. The van der Waals surface area contributed by atoms with E-state index in [-0.39, 0.29) is 30.5 Å². The normalized spacial score (nSPS) is 15.7. The Hall–Kier alpha value is -2.52. The van der Waals surface area contributed by atoms with Gasteiger partial charge in [-0.05, 0) is 24.3 Å². The van der Waals surface area contributed by atoms with Gasteiger partial charge in [0.1, 0.15) is 11.6 Å². The molecule has 2 heterocycles. The Morgan fingerprint density at radius 2 is 1.81 bits per heavy atom. The molecule has 2 aromatic rings. The lowest BCUT2D eigenvalue weighted by molar-refractivity contribution is 0.0699. The summed E-state index contributed by atoms with van der Waals surface area (Å²) in [6.07, 6.45) is 2.67. The number of hydrogen-bond donors (Lipinski definition) is 1. The maximum absolute atomic E-state index is 13.9. The van der Waals surface area contributed by atoms with Gasteiger partial charge in [-0.2, -0.15) is 4.31 Å². The quantitative estimate of drug-likeness (QED) is 0.875. The minimum absolute atomic E-state index is 0.224. The zero-order valence-electron chi connectivity index (χ0n) is 14.2. The summed E-state index contributed by atoms with van der Waals surface area (Å²) in [5, 5.41) is 2.85. The van der Waals surface area contributed by atoms with E-state index in [0.29, 0.717) is 18.7 Å². The van der Waals surface area contributed by atoms with Gasteiger partial charge in [-0.15, -0.1) is 0 Å². The Bertz CT molecular complexity index is 912. The summed E-state index contributed by atoms with van der Waals surface area (Å²) in [5.41, 5.74) is 0.533. The van der Waals surface area contributed by atoms with E-state index >= 15 is 0 Å². The largest absolute Gasteiger partial charge is 0.337 e. The van der Waals surface area contributed by atoms with Crippen LogP contribution in [0.5, 0.6) is 0 Å². The maximum Gasteiger partial charge on any atom is 0.257 e. The van der Waals surface area contributed by atoms with Gasteiger partial charge in [0.25, 0.3) is 5.91 Å². The van der Waals surface area contributed by atoms with Crippen molar-refractivity contribution >= 4 is 27.4 Å². The zero-order chi connectivity index (χ0) is 18.7. The average Bonchev–Trinajstić information content (AvgIpc) is 2.63. The van der Waals surface area contributed by atoms with E-state index in [2.05, 4.69) is 10.3 Å². The average molecular weight is 378 g/mol. The molecule has 1 aromatic heterocycles. The number of anilines is 2. The lowest BCUT2D eigenvalue weighted by Gasteiger charge is -2.33. The summed E-state index contributed by atoms with van der Waals surface area (Å²) < 4.78 is 38.4. The number of piperazine rings is 1. The number of pyridine rings is 1. The van der Waals surface area contributed by atoms with Crippen LogP contribution in [0.15, 0.2) is 42.6 Å². The second-order valence-corrected chi connectivity index (χ2v) is 7.94. The van der Waals surface area contributed by atoms with Crippen molar-refractivity contribution in [2.45, 2.75) is 0 Å². The van der Waals surface area contributed by atoms with Gasteiger partial charge in [-0.25, -0.2) is 17.8 Å². The Labute approximate surface area is 151 Å². The molecule has 1 N–H and O–H groups in total. The Kier molecular flexibility index (Phi) is 5.19. The molecule has 138 valence electrons. The standard InChI is InChI=1S/C17H19FN4O3S/c1-26(24,25)22-11-9-21(10-12-22)17(23)13-5-4-8-19-16(13)20-15-7-3-2-6-14(15)18/h2-8H,9-12H2,1H3,(H,19,20). The third-order valence-electron chi connectivity index (χ3n) is 4.16. The highest BCUT2D eigenvalue weighted by atomic mass is 32.2. The Balaban J connectivity index is 1.78. The van der Waals surface area contributed by atoms with Crippen molar-refractivity contribution in [3.8, 4) is 0 Å². The van der Waals surface area contributed by atoms with Gasteiger partial charge in [-0.1, -0.05) is 12.1 Å². The van der Waals surface area contributed by atoms with Gasteiger partial charge in [0.2, 0.25) is 10.0 Å². The van der Waals surface area contributed by atoms with E-state index in [4.69, 9.17) is 0 Å². The lowest BCUT2D eigenvalue weighted by atomic mass is 10.2. The molecule has 0 spiro atoms. The first-order chi connectivity index (χ1) is 12.4. The molecule has 0 atom stereocenters. The summed E-state index contributed by atoms with van der Waals surface area (Å²) in [6.45, 7) is 1.09. The zero-order valence-corrected chi connectivity index (χ0v) is 15.0. The van der Waals surface area contributed by atoms with Crippen molar-refractivity contribution in [3.63, 3.8) is 0 Å². The predicted molar refractivity (Wildman–Crippen MR) is 96.2 cm³/mol. The molecule has 7 nitrogen and oxygen atoms in total. The number of benzene rings is 1. The summed E-state index contributed by atoms with van der Waals surface area (Å²) >= 11 is 0. The number of rotatable bonds is 4. The fourth-order valence-electron chi connectivity index (χ4n) is 2.76. The lowest BCUT2D eigenvalue weighted by Crippen LogP contribution is -2.50. The van der Waals surface area contributed by atoms with Crippen LogP contribution in [-0.2, 0) is 10.0 Å². The number of aromatic nitrogens is 1. The van der Waals surface area contributed by atoms with Crippen LogP contribution in [0.3, 0.4) is 0 Å². The monoisotopic (exact) mass is 378 g/mol. The van der Waals surface area contributed by atoms with E-state index in [0.717, 1.165) is 6.26 Å². The van der Waals surface area contributed by atoms with Crippen molar-refractivity contribution < 1.29 is 17.6 Å². The first-order valence-electron chi connectivity index (χ1n) is 8.07. The molecule has 1 aliphatic heterocycles. The topological polar surface area (TPSA) is 82.6 Å². The van der Waals surface area contributed by atoms with Gasteiger partial charge in [-0.3, -0.25) is 4.79 Å². The summed E-state index contributed by atoms with van der Waals surface area (Å²) in [7, 11) is -3.26. The first-order valence-corrected chi connectivity index (χ1v) is 9.92. The van der Waals surface area contributed by atoms with Crippen LogP contribution in [0.1, 0.15) is 10.4 Å². The molecule has 0 radical (unpaired) electrons. The number of carbonyl (C=O) groups is 1. The molecule has 26 heavy (non-hydrogen) atoms. The van der Waals surface area contributed by atoms with Crippen LogP contribution in [0.2, 0.25) is 0 Å². The fraction of sp³-hybridized carbons (Fsp3) is 0.294. The second kappa shape index (κ2) is 7.38. The third-order valence-corrected chi connectivity index (χ3v) is 5.46. The maximum atomic E-state index is 13.9. The molecule has 0 aliphatic carbocycles. The van der Waals surface area contributed by atoms with Crippen molar-refractivity contribution in [2.24, 2.45) is 0 Å². The van der Waals surface area contributed by atoms with Gasteiger partial charge >= 0.3 is 0 Å². The molecule has 1 aliphatic rings. The molecule has 0 bridgehead atoms. The van der Waals surface area contributed by atoms with Gasteiger partial charge < -0.3 is 10.2 Å². The summed E-state index contributed by atoms with van der Waals surface area (Å²) in [4.78, 5) is 18.6. The minimum atomic E-state index is -3.26. The molecule has 0 unspecified atom stereocenters. The molecule has 3 rings (SSSR count). The number of nitrogens with zero attached hydrogens (tertiary/aromatic N) is 3. The number of sulfonamides is 1. The van der Waals surface area contributed by atoms with E-state index in [1.165, 1.54) is 16.6 Å². The molecule has 9 heteroatoms. The van der Waals surface area contributed by atoms with Crippen LogP contribution in [0.25, 0.3) is 0 Å². The molecule has 1 aromatic carbocycles. The van der Waals surface area contributed by atoms with E-state index in [9.17, 15) is 17.6 Å². The number of hydrogen-bond acceptors (Lipinski definition) is 5. The third kappa shape index (κ3) is 4.00. The van der Waals surface area contributed by atoms with Crippen molar-refractivity contribution in [3.05, 3.63) is 54.0 Å². The number of halogens is 1. The molecule has 1 amide bonds. The number of nitrogens with one attached hydrogen (secondary N) is 1. The van der Waals surface area contributed by atoms with Gasteiger partial charge in [0, 0.05) is 32.4 Å². The number of carbonyl (C=O) groups excluding carboxylic acids is 1. The van der Waals surface area contributed by atoms with E-state index in [1.807, 2.05) is 0 Å². The molecule has 0 saturated carbocycles. The smallest absolute Gasteiger partial charge is 0.257 e. The molecule has 1 fully saturated rings. The number of para-hydroxylation sites is 1. The fourth-order valence-corrected chi connectivity index (χ4v) is 3.59. The summed E-state index contributed by atoms with van der Waals surface area (Å²) in [5.74, 6) is -0.462. The van der Waals surface area contributed by atoms with Crippen LogP contribution in [0, 0.1) is 5.82 Å². The van der Waals surface area contributed by atoms with Crippen molar-refractivity contribution in [1.29, 1.82) is 0 Å². The van der Waals surface area contributed by atoms with Crippen molar-refractivity contribution in [1.82, 2.24) is 14.2 Å². The molecular formula is C17H19FN4O3S.